The zero-order chi connectivity index (χ0) is 31.7. The quantitative estimate of drug-likeness (QED) is 0.210. The minimum absolute atomic E-state index is 0.0569. The van der Waals surface area contributed by atoms with Gasteiger partial charge in [-0.05, 0) is 99.2 Å². The molecule has 44 heavy (non-hydrogen) atoms. The molecule has 0 aromatic heterocycles. The monoisotopic (exact) mass is 657 g/mol. The Balaban J connectivity index is 1.68. The van der Waals surface area contributed by atoms with Gasteiger partial charge in [-0.15, -0.1) is 11.8 Å². The first-order valence-electron chi connectivity index (χ1n) is 14.9. The number of rotatable bonds is 13. The third-order valence-corrected chi connectivity index (χ3v) is 10.5. The summed E-state index contributed by atoms with van der Waals surface area (Å²) in [7, 11) is -4.17. The maximum atomic E-state index is 14.2. The Morgan fingerprint density at radius 3 is 2.32 bits per heavy atom. The van der Waals surface area contributed by atoms with Crippen molar-refractivity contribution in [1.29, 1.82) is 0 Å². The predicted octanol–water partition coefficient (Wildman–Crippen LogP) is 6.52. The summed E-state index contributed by atoms with van der Waals surface area (Å²) in [4.78, 5) is 30.1. The molecule has 2 amide bonds. The van der Waals surface area contributed by atoms with E-state index in [1.807, 2.05) is 19.2 Å². The third kappa shape index (κ3) is 8.70. The van der Waals surface area contributed by atoms with Gasteiger partial charge in [0, 0.05) is 22.5 Å². The molecule has 1 saturated carbocycles. The Labute approximate surface area is 270 Å². The first kappa shape index (κ1) is 33.7. The number of ether oxygens (including phenoxy) is 1. The molecule has 0 bridgehead atoms. The van der Waals surface area contributed by atoms with Crippen LogP contribution in [0.25, 0.3) is 0 Å². The van der Waals surface area contributed by atoms with Gasteiger partial charge in [0.25, 0.3) is 10.0 Å². The van der Waals surface area contributed by atoms with E-state index in [9.17, 15) is 18.0 Å². The summed E-state index contributed by atoms with van der Waals surface area (Å²) < 4.78 is 34.8. The van der Waals surface area contributed by atoms with Crippen LogP contribution >= 0.6 is 23.4 Å². The van der Waals surface area contributed by atoms with E-state index in [-0.39, 0.29) is 23.4 Å². The van der Waals surface area contributed by atoms with Gasteiger partial charge in [-0.1, -0.05) is 43.0 Å². The van der Waals surface area contributed by atoms with Crippen LogP contribution in [-0.4, -0.2) is 56.6 Å². The Bertz CT molecular complexity index is 1510. The molecular weight excluding hydrogens is 618 g/mol. The van der Waals surface area contributed by atoms with Crippen molar-refractivity contribution in [1.82, 2.24) is 10.2 Å². The Morgan fingerprint density at radius 1 is 1.02 bits per heavy atom. The predicted molar refractivity (Wildman–Crippen MR) is 177 cm³/mol. The van der Waals surface area contributed by atoms with E-state index in [2.05, 4.69) is 5.32 Å². The smallest absolute Gasteiger partial charge is 0.264 e. The molecule has 1 N–H and O–H groups in total. The van der Waals surface area contributed by atoms with Gasteiger partial charge in [-0.2, -0.15) is 0 Å². The van der Waals surface area contributed by atoms with Crippen LogP contribution in [0.5, 0.6) is 5.75 Å². The normalized spacial score (nSPS) is 14.5. The number of hydrogen-bond acceptors (Lipinski definition) is 6. The number of amides is 2. The molecule has 8 nitrogen and oxygen atoms in total. The lowest BCUT2D eigenvalue weighted by Crippen LogP contribution is -2.53. The molecular formula is C33H40ClN3O5S2. The maximum absolute atomic E-state index is 14.2. The third-order valence-electron chi connectivity index (χ3n) is 7.72. The van der Waals surface area contributed by atoms with Gasteiger partial charge in [0.15, 0.2) is 0 Å². The molecule has 1 unspecified atom stereocenters. The Hall–Kier alpha value is -3.21. The fourth-order valence-electron chi connectivity index (χ4n) is 5.26. The lowest BCUT2D eigenvalue weighted by atomic mass is 9.95. The van der Waals surface area contributed by atoms with Gasteiger partial charge < -0.3 is 15.0 Å². The SMILES string of the molecule is CCOc1ccc(N(CC(=O)N(Cc2cccc(Cl)c2)C(C)C(=O)NC2CCCCC2)S(=O)(=O)c2ccc(SC)cc2)cc1. The highest BCUT2D eigenvalue weighted by Crippen LogP contribution is 2.28. The summed E-state index contributed by atoms with van der Waals surface area (Å²) in [5.41, 5.74) is 1.03. The second kappa shape index (κ2) is 15.7. The molecule has 0 saturated heterocycles. The fourth-order valence-corrected chi connectivity index (χ4v) is 7.30. The minimum atomic E-state index is -4.17. The standard InChI is InChI=1S/C33H40ClN3O5S2/c1-4-42-29-15-13-28(14-16-29)37(44(40,41)31-19-17-30(43-3)18-20-31)23-32(38)36(22-25-9-8-10-26(34)21-25)24(2)33(39)35-27-11-6-5-7-12-27/h8-10,13-21,24,27H,4-7,11-12,22-23H2,1-3H3,(H,35,39). The minimum Gasteiger partial charge on any atom is -0.494 e. The van der Waals surface area contributed by atoms with Gasteiger partial charge in [0.2, 0.25) is 11.8 Å². The second-order valence-electron chi connectivity index (χ2n) is 10.8. The molecule has 1 atom stereocenters. The Kier molecular flexibility index (Phi) is 12.0. The molecule has 3 aromatic carbocycles. The lowest BCUT2D eigenvalue weighted by Gasteiger charge is -2.33. The highest BCUT2D eigenvalue weighted by molar-refractivity contribution is 7.98. The van der Waals surface area contributed by atoms with E-state index in [0.29, 0.717) is 23.1 Å². The van der Waals surface area contributed by atoms with E-state index in [1.54, 1.807) is 61.5 Å². The van der Waals surface area contributed by atoms with Gasteiger partial charge in [-0.25, -0.2) is 8.42 Å². The molecule has 0 radical (unpaired) electrons. The van der Waals surface area contributed by atoms with Gasteiger partial charge >= 0.3 is 0 Å². The first-order valence-corrected chi connectivity index (χ1v) is 17.9. The first-order chi connectivity index (χ1) is 21.1. The molecule has 236 valence electrons. The highest BCUT2D eigenvalue weighted by atomic mass is 35.5. The molecule has 1 aliphatic carbocycles. The summed E-state index contributed by atoms with van der Waals surface area (Å²) in [6.45, 7) is 3.57. The molecule has 0 heterocycles. The van der Waals surface area contributed by atoms with Crippen molar-refractivity contribution >= 4 is 50.9 Å². The summed E-state index contributed by atoms with van der Waals surface area (Å²) in [5.74, 6) is -0.204. The number of carbonyl (C=O) groups is 2. The van der Waals surface area contributed by atoms with E-state index < -0.39 is 28.5 Å². The second-order valence-corrected chi connectivity index (χ2v) is 14.0. The van der Waals surface area contributed by atoms with Crippen molar-refractivity contribution in [2.75, 3.05) is 23.7 Å². The molecule has 4 rings (SSSR count). The molecule has 11 heteroatoms. The molecule has 0 aliphatic heterocycles. The van der Waals surface area contributed by atoms with Crippen molar-refractivity contribution in [3.63, 3.8) is 0 Å². The maximum Gasteiger partial charge on any atom is 0.264 e. The number of hydrogen-bond donors (Lipinski definition) is 1. The molecule has 1 aliphatic rings. The van der Waals surface area contributed by atoms with E-state index >= 15 is 0 Å². The number of anilines is 1. The van der Waals surface area contributed by atoms with E-state index in [1.165, 1.54) is 28.8 Å². The van der Waals surface area contributed by atoms with Crippen LogP contribution in [0, 0.1) is 0 Å². The largest absolute Gasteiger partial charge is 0.494 e. The van der Waals surface area contributed by atoms with Gasteiger partial charge in [-0.3, -0.25) is 13.9 Å². The van der Waals surface area contributed by atoms with Crippen molar-refractivity contribution in [2.45, 2.75) is 74.4 Å². The van der Waals surface area contributed by atoms with Crippen LogP contribution in [0.15, 0.2) is 82.6 Å². The average Bonchev–Trinajstić information content (AvgIpc) is 3.03. The number of halogens is 1. The van der Waals surface area contributed by atoms with Crippen molar-refractivity contribution in [3.8, 4) is 5.75 Å². The number of carbonyl (C=O) groups excluding carboxylic acids is 2. The Morgan fingerprint density at radius 2 is 1.70 bits per heavy atom. The molecule has 1 fully saturated rings. The summed E-state index contributed by atoms with van der Waals surface area (Å²) in [6, 6.07) is 19.4. The van der Waals surface area contributed by atoms with Crippen LogP contribution in [0.1, 0.15) is 51.5 Å². The van der Waals surface area contributed by atoms with Gasteiger partial charge in [0.05, 0.1) is 17.2 Å². The summed E-state index contributed by atoms with van der Waals surface area (Å²) in [6.07, 6.45) is 6.97. The fraction of sp³-hybridized carbons (Fsp3) is 0.394. The van der Waals surface area contributed by atoms with E-state index in [4.69, 9.17) is 16.3 Å². The number of nitrogens with one attached hydrogen (secondary N) is 1. The lowest BCUT2D eigenvalue weighted by molar-refractivity contribution is -0.139. The topological polar surface area (TPSA) is 96.0 Å². The zero-order valence-electron chi connectivity index (χ0n) is 25.4. The number of thioether (sulfide) groups is 1. The number of sulfonamides is 1. The van der Waals surface area contributed by atoms with Gasteiger partial charge in [0.1, 0.15) is 18.3 Å². The number of nitrogens with zero attached hydrogens (tertiary/aromatic N) is 2. The number of benzene rings is 3. The van der Waals surface area contributed by atoms with Crippen molar-refractivity contribution in [3.05, 3.63) is 83.4 Å². The van der Waals surface area contributed by atoms with Crippen LogP contribution < -0.4 is 14.4 Å². The molecule has 0 spiro atoms. The zero-order valence-corrected chi connectivity index (χ0v) is 27.8. The van der Waals surface area contributed by atoms with Crippen LogP contribution in [0.2, 0.25) is 5.02 Å². The van der Waals surface area contributed by atoms with Crippen LogP contribution in [0.3, 0.4) is 0 Å². The summed E-state index contributed by atoms with van der Waals surface area (Å²) >= 11 is 7.75. The van der Waals surface area contributed by atoms with Crippen molar-refractivity contribution in [2.24, 2.45) is 0 Å². The highest BCUT2D eigenvalue weighted by Gasteiger charge is 2.33. The van der Waals surface area contributed by atoms with Crippen molar-refractivity contribution < 1.29 is 22.7 Å². The average molecular weight is 658 g/mol. The van der Waals surface area contributed by atoms with Crippen LogP contribution in [-0.2, 0) is 26.2 Å². The molecule has 3 aromatic rings. The summed E-state index contributed by atoms with van der Waals surface area (Å²) in [5, 5.41) is 3.62. The van der Waals surface area contributed by atoms with Crippen LogP contribution in [0.4, 0.5) is 5.69 Å². The van der Waals surface area contributed by atoms with E-state index in [0.717, 1.165) is 46.9 Å².